The SMILES string of the molecule is CC(NC(=O)C1CCN(S(=O)(=O)c2ccc(Cl)c(C(F)(F)F)c2)CC1)C(=O)NC(C)(C)C. The predicted octanol–water partition coefficient (Wildman–Crippen LogP) is 3.18. The summed E-state index contributed by atoms with van der Waals surface area (Å²) in [5, 5.41) is 4.80. The van der Waals surface area contributed by atoms with Crippen molar-refractivity contribution >= 4 is 33.4 Å². The summed E-state index contributed by atoms with van der Waals surface area (Å²) in [5.74, 6) is -1.22. The smallest absolute Gasteiger partial charge is 0.350 e. The van der Waals surface area contributed by atoms with Crippen LogP contribution < -0.4 is 10.6 Å². The van der Waals surface area contributed by atoms with Gasteiger partial charge in [0, 0.05) is 24.5 Å². The normalized spacial score (nSPS) is 17.6. The van der Waals surface area contributed by atoms with Crippen LogP contribution in [0, 0.1) is 5.92 Å². The van der Waals surface area contributed by atoms with Crippen LogP contribution in [-0.4, -0.2) is 49.2 Å². The molecule has 0 radical (unpaired) electrons. The average molecular weight is 498 g/mol. The highest BCUT2D eigenvalue weighted by molar-refractivity contribution is 7.89. The van der Waals surface area contributed by atoms with Crippen molar-refractivity contribution < 1.29 is 31.2 Å². The topological polar surface area (TPSA) is 95.6 Å². The van der Waals surface area contributed by atoms with Gasteiger partial charge in [-0.25, -0.2) is 8.42 Å². The van der Waals surface area contributed by atoms with Gasteiger partial charge in [0.25, 0.3) is 0 Å². The van der Waals surface area contributed by atoms with E-state index in [1.54, 1.807) is 6.92 Å². The molecule has 32 heavy (non-hydrogen) atoms. The number of nitrogens with zero attached hydrogens (tertiary/aromatic N) is 1. The van der Waals surface area contributed by atoms with E-state index in [0.717, 1.165) is 16.4 Å². The van der Waals surface area contributed by atoms with Crippen LogP contribution in [0.25, 0.3) is 0 Å². The van der Waals surface area contributed by atoms with Crippen LogP contribution in [0.15, 0.2) is 23.1 Å². The number of carbonyl (C=O) groups is 2. The highest BCUT2D eigenvalue weighted by atomic mass is 35.5. The van der Waals surface area contributed by atoms with Gasteiger partial charge in [-0.15, -0.1) is 0 Å². The van der Waals surface area contributed by atoms with E-state index in [-0.39, 0.29) is 37.7 Å². The number of nitrogens with one attached hydrogen (secondary N) is 2. The summed E-state index contributed by atoms with van der Waals surface area (Å²) in [5.41, 5.74) is -1.68. The quantitative estimate of drug-likeness (QED) is 0.653. The highest BCUT2D eigenvalue weighted by Gasteiger charge is 2.37. The van der Waals surface area contributed by atoms with E-state index >= 15 is 0 Å². The molecule has 1 heterocycles. The van der Waals surface area contributed by atoms with Gasteiger partial charge in [0.1, 0.15) is 6.04 Å². The monoisotopic (exact) mass is 497 g/mol. The molecule has 12 heteroatoms. The predicted molar refractivity (Wildman–Crippen MR) is 113 cm³/mol. The van der Waals surface area contributed by atoms with Crippen LogP contribution in [-0.2, 0) is 25.8 Å². The molecule has 180 valence electrons. The Balaban J connectivity index is 2.03. The van der Waals surface area contributed by atoms with Gasteiger partial charge in [-0.3, -0.25) is 9.59 Å². The minimum absolute atomic E-state index is 0.0348. The second-order valence-electron chi connectivity index (χ2n) is 8.79. The van der Waals surface area contributed by atoms with Crippen molar-refractivity contribution in [3.8, 4) is 0 Å². The molecule has 2 amide bonds. The minimum Gasteiger partial charge on any atom is -0.350 e. The minimum atomic E-state index is -4.79. The molecule has 2 N–H and O–H groups in total. The summed E-state index contributed by atoms with van der Waals surface area (Å²) in [7, 11) is -4.19. The molecule has 1 aliphatic rings. The molecule has 0 saturated carbocycles. The lowest BCUT2D eigenvalue weighted by Gasteiger charge is -2.31. The van der Waals surface area contributed by atoms with Gasteiger partial charge in [0.2, 0.25) is 21.8 Å². The lowest BCUT2D eigenvalue weighted by molar-refractivity contribution is -0.137. The first kappa shape index (κ1) is 26.4. The maximum Gasteiger partial charge on any atom is 0.417 e. The highest BCUT2D eigenvalue weighted by Crippen LogP contribution is 2.36. The Bertz CT molecular complexity index is 969. The standard InChI is InChI=1S/C20H27ClF3N3O4S/c1-12(17(28)26-19(2,3)4)25-18(29)13-7-9-27(10-8-13)32(30,31)14-5-6-16(21)15(11-14)20(22,23)24/h5-6,11-13H,7-10H2,1-4H3,(H,25,29)(H,26,28). The molecule has 7 nitrogen and oxygen atoms in total. The first-order valence-corrected chi connectivity index (χ1v) is 11.8. The number of carbonyl (C=O) groups excluding carboxylic acids is 2. The van der Waals surface area contributed by atoms with Gasteiger partial charge < -0.3 is 10.6 Å². The molecule has 1 atom stereocenters. The molecule has 2 rings (SSSR count). The summed E-state index contributed by atoms with van der Waals surface area (Å²) in [6, 6.07) is 1.69. The number of halogens is 4. The zero-order valence-corrected chi connectivity index (χ0v) is 19.8. The maximum absolute atomic E-state index is 13.1. The van der Waals surface area contributed by atoms with Crippen LogP contribution in [0.5, 0.6) is 0 Å². The van der Waals surface area contributed by atoms with Crippen molar-refractivity contribution in [3.05, 3.63) is 28.8 Å². The van der Waals surface area contributed by atoms with Gasteiger partial charge in [-0.05, 0) is 58.7 Å². The number of rotatable bonds is 5. The van der Waals surface area contributed by atoms with Crippen molar-refractivity contribution in [3.63, 3.8) is 0 Å². The van der Waals surface area contributed by atoms with Crippen molar-refractivity contribution in [1.82, 2.24) is 14.9 Å². The summed E-state index contributed by atoms with van der Waals surface area (Å²) in [6.07, 6.45) is -4.43. The molecule has 0 bridgehead atoms. The van der Waals surface area contributed by atoms with E-state index < -0.39 is 49.2 Å². The van der Waals surface area contributed by atoms with E-state index in [1.165, 1.54) is 0 Å². The van der Waals surface area contributed by atoms with Crippen LogP contribution in [0.1, 0.15) is 46.1 Å². The van der Waals surface area contributed by atoms with Crippen molar-refractivity contribution in [2.24, 2.45) is 5.92 Å². The molecular weight excluding hydrogens is 471 g/mol. The molecule has 1 aromatic rings. The molecule has 0 aliphatic carbocycles. The van der Waals surface area contributed by atoms with Gasteiger partial charge in [-0.1, -0.05) is 11.6 Å². The fourth-order valence-corrected chi connectivity index (χ4v) is 4.99. The van der Waals surface area contributed by atoms with Crippen LogP contribution in [0.3, 0.4) is 0 Å². The second-order valence-corrected chi connectivity index (χ2v) is 11.1. The van der Waals surface area contributed by atoms with E-state index in [0.29, 0.717) is 6.07 Å². The molecule has 0 aromatic heterocycles. The molecule has 0 spiro atoms. The lowest BCUT2D eigenvalue weighted by atomic mass is 9.97. The van der Waals surface area contributed by atoms with Gasteiger partial charge in [-0.2, -0.15) is 17.5 Å². The molecule has 1 aromatic carbocycles. The Morgan fingerprint density at radius 1 is 1.16 bits per heavy atom. The molecule has 1 aliphatic heterocycles. The number of hydrogen-bond donors (Lipinski definition) is 2. The number of amides is 2. The summed E-state index contributed by atoms with van der Waals surface area (Å²) >= 11 is 5.57. The van der Waals surface area contributed by atoms with Crippen LogP contribution >= 0.6 is 11.6 Å². The van der Waals surface area contributed by atoms with Crippen LogP contribution in [0.4, 0.5) is 13.2 Å². The fraction of sp³-hybridized carbons (Fsp3) is 0.600. The number of sulfonamides is 1. The maximum atomic E-state index is 13.1. The Labute approximate surface area is 190 Å². The second kappa shape index (κ2) is 9.56. The van der Waals surface area contributed by atoms with E-state index in [4.69, 9.17) is 11.6 Å². The van der Waals surface area contributed by atoms with E-state index in [1.807, 2.05) is 20.8 Å². The van der Waals surface area contributed by atoms with Crippen molar-refractivity contribution in [2.75, 3.05) is 13.1 Å². The number of piperidine rings is 1. The van der Waals surface area contributed by atoms with Gasteiger partial charge >= 0.3 is 6.18 Å². The summed E-state index contributed by atoms with van der Waals surface area (Å²) in [6.45, 7) is 6.92. The third-order valence-electron chi connectivity index (χ3n) is 4.96. The Morgan fingerprint density at radius 2 is 1.72 bits per heavy atom. The number of alkyl halides is 3. The lowest BCUT2D eigenvalue weighted by Crippen LogP contribution is -2.52. The number of benzene rings is 1. The Kier molecular flexibility index (Phi) is 7.89. The Hall–Kier alpha value is -1.85. The molecule has 1 saturated heterocycles. The van der Waals surface area contributed by atoms with E-state index in [2.05, 4.69) is 10.6 Å². The average Bonchev–Trinajstić information content (AvgIpc) is 2.66. The zero-order chi connectivity index (χ0) is 24.5. The van der Waals surface area contributed by atoms with Crippen molar-refractivity contribution in [1.29, 1.82) is 0 Å². The zero-order valence-electron chi connectivity index (χ0n) is 18.2. The summed E-state index contributed by atoms with van der Waals surface area (Å²) in [4.78, 5) is 24.1. The summed E-state index contributed by atoms with van der Waals surface area (Å²) < 4.78 is 65.9. The Morgan fingerprint density at radius 3 is 2.22 bits per heavy atom. The fourth-order valence-electron chi connectivity index (χ4n) is 3.26. The molecular formula is C20H27ClF3N3O4S. The van der Waals surface area contributed by atoms with Gasteiger partial charge in [0.15, 0.2) is 0 Å². The third-order valence-corrected chi connectivity index (χ3v) is 7.18. The van der Waals surface area contributed by atoms with Gasteiger partial charge in [0.05, 0.1) is 15.5 Å². The third kappa shape index (κ3) is 6.58. The number of hydrogen-bond acceptors (Lipinski definition) is 4. The first-order chi connectivity index (χ1) is 14.5. The van der Waals surface area contributed by atoms with E-state index in [9.17, 15) is 31.2 Å². The largest absolute Gasteiger partial charge is 0.417 e. The van der Waals surface area contributed by atoms with Crippen molar-refractivity contribution in [2.45, 2.75) is 63.2 Å². The van der Waals surface area contributed by atoms with Crippen LogP contribution in [0.2, 0.25) is 5.02 Å². The molecule has 1 unspecified atom stereocenters. The first-order valence-electron chi connectivity index (χ1n) is 10.0. The molecule has 1 fully saturated rings.